The average Bonchev–Trinajstić information content (AvgIpc) is 3.35. The summed E-state index contributed by atoms with van der Waals surface area (Å²) in [5.74, 6) is -0.858. The Bertz CT molecular complexity index is 1420. The van der Waals surface area contributed by atoms with E-state index in [9.17, 15) is 19.0 Å². The maximum Gasteiger partial charge on any atom is 0.472 e. The molecule has 0 aliphatic carbocycles. The summed E-state index contributed by atoms with van der Waals surface area (Å²) in [6.07, 6.45) is 70.5. The fourth-order valence-corrected chi connectivity index (χ4v) is 9.38. The smallest absolute Gasteiger partial charge is 0.462 e. The summed E-state index contributed by atoms with van der Waals surface area (Å²) >= 11 is 0. The van der Waals surface area contributed by atoms with E-state index in [1.54, 1.807) is 0 Å². The maximum atomic E-state index is 12.8. The van der Waals surface area contributed by atoms with E-state index in [1.165, 1.54) is 186 Å². The molecule has 10 heteroatoms. The first-order valence-corrected chi connectivity index (χ1v) is 32.0. The number of phosphoric ester groups is 1. The van der Waals surface area contributed by atoms with Crippen LogP contribution in [0.1, 0.15) is 277 Å². The van der Waals surface area contributed by atoms with Gasteiger partial charge >= 0.3 is 19.8 Å². The number of hydrogen-bond donors (Lipinski definition) is 1. The molecule has 0 aliphatic heterocycles. The van der Waals surface area contributed by atoms with Gasteiger partial charge in [0.05, 0.1) is 27.7 Å². The second-order valence-corrected chi connectivity index (χ2v) is 23.2. The summed E-state index contributed by atoms with van der Waals surface area (Å²) in [5.41, 5.74) is 0. The number of ether oxygens (including phenoxy) is 2. The molecule has 73 heavy (non-hydrogen) atoms. The zero-order valence-electron chi connectivity index (χ0n) is 48.4. The molecule has 0 amide bonds. The van der Waals surface area contributed by atoms with Crippen LogP contribution in [-0.2, 0) is 32.7 Å². The van der Waals surface area contributed by atoms with Crippen LogP contribution in [0.2, 0.25) is 0 Å². The van der Waals surface area contributed by atoms with E-state index >= 15 is 0 Å². The molecule has 0 aliphatic rings. The van der Waals surface area contributed by atoms with Gasteiger partial charge in [-0.05, 0) is 51.4 Å². The molecular weight excluding hydrogens is 930 g/mol. The van der Waals surface area contributed by atoms with E-state index in [4.69, 9.17) is 18.5 Å². The van der Waals surface area contributed by atoms with E-state index in [0.29, 0.717) is 23.9 Å². The molecule has 0 radical (unpaired) electrons. The molecule has 0 heterocycles. The lowest BCUT2D eigenvalue weighted by molar-refractivity contribution is -0.870. The minimum atomic E-state index is -4.40. The first kappa shape index (κ1) is 70.7. The topological polar surface area (TPSA) is 108 Å². The third-order valence-corrected chi connectivity index (χ3v) is 14.3. The summed E-state index contributed by atoms with van der Waals surface area (Å²) in [6, 6.07) is 0. The van der Waals surface area contributed by atoms with Gasteiger partial charge in [-0.2, -0.15) is 0 Å². The lowest BCUT2D eigenvalue weighted by Gasteiger charge is -2.24. The van der Waals surface area contributed by atoms with Crippen LogP contribution in [-0.4, -0.2) is 74.9 Å². The second-order valence-electron chi connectivity index (χ2n) is 21.7. The Morgan fingerprint density at radius 2 is 0.781 bits per heavy atom. The molecule has 0 bridgehead atoms. The third kappa shape index (κ3) is 58.8. The van der Waals surface area contributed by atoms with E-state index in [1.807, 2.05) is 21.1 Å². The molecule has 1 N–H and O–H groups in total. The zero-order valence-corrected chi connectivity index (χ0v) is 49.3. The molecule has 426 valence electrons. The van der Waals surface area contributed by atoms with Gasteiger partial charge in [-0.15, -0.1) is 0 Å². The summed E-state index contributed by atoms with van der Waals surface area (Å²) in [6.45, 7) is 4.28. The number of carbonyl (C=O) groups excluding carboxylic acids is 2. The van der Waals surface area contributed by atoms with Gasteiger partial charge in [-0.25, -0.2) is 4.57 Å². The van der Waals surface area contributed by atoms with Crippen molar-refractivity contribution in [3.05, 3.63) is 60.8 Å². The van der Waals surface area contributed by atoms with Crippen LogP contribution in [0.5, 0.6) is 0 Å². The highest BCUT2D eigenvalue weighted by Crippen LogP contribution is 2.43. The predicted molar refractivity (Wildman–Crippen MR) is 312 cm³/mol. The third-order valence-electron chi connectivity index (χ3n) is 13.3. The molecular formula is C63H117NO8P+. The van der Waals surface area contributed by atoms with Crippen LogP contribution >= 0.6 is 7.82 Å². The number of rotatable bonds is 56. The molecule has 0 rings (SSSR count). The number of nitrogens with zero attached hydrogens (tertiary/aromatic N) is 1. The Balaban J connectivity index is 4.04. The number of phosphoric acid groups is 1. The quantitative estimate of drug-likeness (QED) is 0.0211. The maximum absolute atomic E-state index is 12.8. The fraction of sp³-hybridized carbons (Fsp3) is 0.810. The molecule has 2 unspecified atom stereocenters. The molecule has 0 aromatic carbocycles. The van der Waals surface area contributed by atoms with E-state index in [0.717, 1.165) is 51.4 Å². The van der Waals surface area contributed by atoms with Crippen molar-refractivity contribution < 1.29 is 42.1 Å². The fourth-order valence-electron chi connectivity index (χ4n) is 8.64. The highest BCUT2D eigenvalue weighted by molar-refractivity contribution is 7.47. The van der Waals surface area contributed by atoms with Crippen LogP contribution in [0.4, 0.5) is 0 Å². The van der Waals surface area contributed by atoms with Crippen molar-refractivity contribution >= 4 is 19.8 Å². The number of likely N-dealkylation sites (N-methyl/N-ethyl adjacent to an activating group) is 1. The Labute approximate surface area is 451 Å². The van der Waals surface area contributed by atoms with Gasteiger partial charge < -0.3 is 18.9 Å². The number of unbranched alkanes of at least 4 members (excludes halogenated alkanes) is 32. The van der Waals surface area contributed by atoms with E-state index in [-0.39, 0.29) is 32.0 Å². The summed E-state index contributed by atoms with van der Waals surface area (Å²) < 4.78 is 34.5. The molecule has 0 aromatic heterocycles. The number of quaternary nitrogens is 1. The molecule has 0 saturated heterocycles. The van der Waals surface area contributed by atoms with Gasteiger partial charge in [0.2, 0.25) is 0 Å². The minimum Gasteiger partial charge on any atom is -0.462 e. The average molecular weight is 1050 g/mol. The number of hydrogen-bond acceptors (Lipinski definition) is 7. The van der Waals surface area contributed by atoms with Crippen LogP contribution in [0.3, 0.4) is 0 Å². The summed E-state index contributed by atoms with van der Waals surface area (Å²) in [4.78, 5) is 35.6. The zero-order chi connectivity index (χ0) is 53.5. The van der Waals surface area contributed by atoms with Gasteiger partial charge in [-0.3, -0.25) is 18.6 Å². The normalized spacial score (nSPS) is 13.7. The molecule has 0 spiro atoms. The summed E-state index contributed by atoms with van der Waals surface area (Å²) in [5, 5.41) is 0. The van der Waals surface area contributed by atoms with Gasteiger partial charge in [0.25, 0.3) is 0 Å². The minimum absolute atomic E-state index is 0.0201. The highest BCUT2D eigenvalue weighted by atomic mass is 31.2. The monoisotopic (exact) mass is 1050 g/mol. The number of carbonyl (C=O) groups is 2. The van der Waals surface area contributed by atoms with E-state index in [2.05, 4.69) is 74.6 Å². The lowest BCUT2D eigenvalue weighted by atomic mass is 10.0. The van der Waals surface area contributed by atoms with Crippen molar-refractivity contribution in [2.45, 2.75) is 283 Å². The van der Waals surface area contributed by atoms with Crippen LogP contribution in [0.25, 0.3) is 0 Å². The molecule has 0 fully saturated rings. The first-order chi connectivity index (χ1) is 35.5. The van der Waals surface area contributed by atoms with Gasteiger partial charge in [-0.1, -0.05) is 274 Å². The number of esters is 2. The highest BCUT2D eigenvalue weighted by Gasteiger charge is 2.27. The number of allylic oxidation sites excluding steroid dienone is 10. The van der Waals surface area contributed by atoms with Crippen LogP contribution in [0, 0.1) is 0 Å². The molecule has 2 atom stereocenters. The van der Waals surface area contributed by atoms with E-state index < -0.39 is 26.5 Å². The Hall–Kier alpha value is -2.29. The van der Waals surface area contributed by atoms with Crippen molar-refractivity contribution in [2.75, 3.05) is 47.5 Å². The predicted octanol–water partition coefficient (Wildman–Crippen LogP) is 19.1. The van der Waals surface area contributed by atoms with Crippen molar-refractivity contribution in [1.82, 2.24) is 0 Å². The van der Waals surface area contributed by atoms with Crippen LogP contribution < -0.4 is 0 Å². The largest absolute Gasteiger partial charge is 0.472 e. The van der Waals surface area contributed by atoms with Gasteiger partial charge in [0.15, 0.2) is 6.10 Å². The lowest BCUT2D eigenvalue weighted by Crippen LogP contribution is -2.37. The van der Waals surface area contributed by atoms with Gasteiger partial charge in [0.1, 0.15) is 19.8 Å². The second kappa shape index (κ2) is 54.5. The Kier molecular flexibility index (Phi) is 52.8. The van der Waals surface area contributed by atoms with Crippen molar-refractivity contribution in [3.63, 3.8) is 0 Å². The van der Waals surface area contributed by atoms with Crippen molar-refractivity contribution in [1.29, 1.82) is 0 Å². The standard InChI is InChI=1S/C63H116NO8P/c1-6-8-10-12-14-16-18-20-22-24-25-26-27-28-29-30-31-32-33-34-35-36-37-38-40-41-43-45-47-49-51-53-55-62(65)69-59-61(60-71-73(67,68)70-58-57-64(3,4)5)72-63(66)56-54-52-50-48-46-44-42-39-23-21-19-17-15-13-11-9-7-2/h9,11,15,17,21,23,42,44,48,50,61H,6-8,10,12-14,16,18-20,22,24-41,43,45-47,49,51-60H2,1-5H3/p+1/b11-9-,17-15-,23-21-,44-42-,50-48-. The van der Waals surface area contributed by atoms with Crippen molar-refractivity contribution in [2.24, 2.45) is 0 Å². The Morgan fingerprint density at radius 3 is 1.15 bits per heavy atom. The van der Waals surface area contributed by atoms with Gasteiger partial charge in [0, 0.05) is 12.8 Å². The SMILES string of the molecule is CC/C=C\C/C=C\C/C=C\C/C=C\C/C=C\CCCC(=O)OC(COC(=O)CCCCCCCCCCCCCCCCCCCCCCCCCCCCCCCCCC)COP(=O)(O)OCC[N+](C)(C)C. The summed E-state index contributed by atoms with van der Waals surface area (Å²) in [7, 11) is 1.44. The van der Waals surface area contributed by atoms with Crippen molar-refractivity contribution in [3.8, 4) is 0 Å². The molecule has 0 aromatic rings. The molecule has 0 saturated carbocycles. The Morgan fingerprint density at radius 1 is 0.438 bits per heavy atom. The first-order valence-electron chi connectivity index (χ1n) is 30.5. The molecule has 9 nitrogen and oxygen atoms in total. The van der Waals surface area contributed by atoms with Crippen LogP contribution in [0.15, 0.2) is 60.8 Å².